The molecule has 0 saturated carbocycles. The lowest BCUT2D eigenvalue weighted by Crippen LogP contribution is -2.43. The highest BCUT2D eigenvalue weighted by atomic mass is 16.5. The largest absolute Gasteiger partial charge is 0.390 e. The highest BCUT2D eigenvalue weighted by Crippen LogP contribution is 2.04. The lowest BCUT2D eigenvalue weighted by molar-refractivity contribution is 0.0149. The number of aliphatic hydroxyl groups excluding tert-OH is 1. The number of rotatable bonds is 6. The van der Waals surface area contributed by atoms with Gasteiger partial charge in [0.1, 0.15) is 0 Å². The summed E-state index contributed by atoms with van der Waals surface area (Å²) in [6.07, 6.45) is 1.67. The molecule has 2 rings (SSSR count). The zero-order valence-electron chi connectivity index (χ0n) is 11.8. The smallest absolute Gasteiger partial charge is 0.0791 e. The first kappa shape index (κ1) is 14.5. The van der Waals surface area contributed by atoms with Crippen molar-refractivity contribution in [3.8, 4) is 0 Å². The molecule has 1 aliphatic rings. The van der Waals surface area contributed by atoms with E-state index in [2.05, 4.69) is 15.3 Å². The van der Waals surface area contributed by atoms with Gasteiger partial charge in [0.05, 0.1) is 25.0 Å². The van der Waals surface area contributed by atoms with Crippen LogP contribution in [0, 0.1) is 6.92 Å². The van der Waals surface area contributed by atoms with Crippen LogP contribution in [-0.4, -0.2) is 65.3 Å². The summed E-state index contributed by atoms with van der Waals surface area (Å²) in [6, 6.07) is 0. The molecule has 2 heterocycles. The number of β-amino-alcohol motifs (C(OH)–C–C–N with tert-alkyl or cyclic N) is 1. The van der Waals surface area contributed by atoms with Gasteiger partial charge in [0.2, 0.25) is 0 Å². The predicted molar refractivity (Wildman–Crippen MR) is 72.9 cm³/mol. The summed E-state index contributed by atoms with van der Waals surface area (Å²) in [4.78, 5) is 2.24. The number of hydrogen-bond donors (Lipinski definition) is 2. The molecular weight excluding hydrogens is 244 g/mol. The fraction of sp³-hybridized carbons (Fsp3) is 0.769. The molecule has 0 aliphatic carbocycles. The third-order valence-corrected chi connectivity index (χ3v) is 3.38. The number of nitrogens with zero attached hydrogens (tertiary/aromatic N) is 3. The van der Waals surface area contributed by atoms with E-state index in [1.165, 1.54) is 5.56 Å². The minimum atomic E-state index is -0.338. The Hall–Kier alpha value is -0.950. The lowest BCUT2D eigenvalue weighted by atomic mass is 10.2. The molecule has 0 aromatic carbocycles. The van der Waals surface area contributed by atoms with Gasteiger partial charge in [-0.1, -0.05) is 0 Å². The van der Waals surface area contributed by atoms with Gasteiger partial charge in [-0.2, -0.15) is 5.10 Å². The monoisotopic (exact) mass is 268 g/mol. The van der Waals surface area contributed by atoms with Crippen molar-refractivity contribution < 1.29 is 9.84 Å². The Kier molecular flexibility index (Phi) is 5.33. The molecule has 0 radical (unpaired) electrons. The van der Waals surface area contributed by atoms with Gasteiger partial charge in [0.15, 0.2) is 0 Å². The van der Waals surface area contributed by atoms with Crippen LogP contribution in [0.5, 0.6) is 0 Å². The van der Waals surface area contributed by atoms with Crippen molar-refractivity contribution in [2.24, 2.45) is 7.05 Å². The van der Waals surface area contributed by atoms with Gasteiger partial charge in [-0.05, 0) is 6.92 Å². The van der Waals surface area contributed by atoms with Crippen molar-refractivity contribution in [3.63, 3.8) is 0 Å². The predicted octanol–water partition coefficient (Wildman–Crippen LogP) is -0.489. The Morgan fingerprint density at radius 3 is 2.84 bits per heavy atom. The molecule has 6 nitrogen and oxygen atoms in total. The summed E-state index contributed by atoms with van der Waals surface area (Å²) in [5, 5.41) is 17.6. The number of aryl methyl sites for hydroxylation is 2. The van der Waals surface area contributed by atoms with Crippen LogP contribution in [0.4, 0.5) is 0 Å². The maximum absolute atomic E-state index is 9.99. The second-order valence-corrected chi connectivity index (χ2v) is 5.11. The summed E-state index contributed by atoms with van der Waals surface area (Å²) >= 11 is 0. The van der Waals surface area contributed by atoms with Crippen molar-refractivity contribution in [2.75, 3.05) is 39.4 Å². The van der Waals surface area contributed by atoms with Gasteiger partial charge >= 0.3 is 0 Å². The topological polar surface area (TPSA) is 62.5 Å². The molecule has 2 N–H and O–H groups in total. The number of morpholine rings is 1. The maximum atomic E-state index is 9.99. The Balaban J connectivity index is 1.65. The quantitative estimate of drug-likeness (QED) is 0.729. The highest BCUT2D eigenvalue weighted by Gasteiger charge is 2.14. The standard InChI is InChI=1S/C13H24N4O2/c1-11-12(9-16(2)15-11)7-14-8-13(18)10-17-3-5-19-6-4-17/h9,13-14,18H,3-8,10H2,1-2H3. The van der Waals surface area contributed by atoms with Gasteiger partial charge in [0, 0.05) is 51.5 Å². The van der Waals surface area contributed by atoms with Crippen LogP contribution in [-0.2, 0) is 18.3 Å². The van der Waals surface area contributed by atoms with Crippen molar-refractivity contribution in [1.82, 2.24) is 20.0 Å². The summed E-state index contributed by atoms with van der Waals surface area (Å²) in [5.74, 6) is 0. The third kappa shape index (κ3) is 4.58. The molecule has 0 amide bonds. The molecule has 1 atom stereocenters. The SMILES string of the molecule is Cc1nn(C)cc1CNCC(O)CN1CCOCC1. The minimum absolute atomic E-state index is 0.338. The first-order valence-electron chi connectivity index (χ1n) is 6.83. The molecule has 6 heteroatoms. The van der Waals surface area contributed by atoms with Crippen molar-refractivity contribution >= 4 is 0 Å². The average Bonchev–Trinajstić information content (AvgIpc) is 2.69. The summed E-state index contributed by atoms with van der Waals surface area (Å²) < 4.78 is 7.10. The van der Waals surface area contributed by atoms with Crippen LogP contribution in [0.3, 0.4) is 0 Å². The summed E-state index contributed by atoms with van der Waals surface area (Å²) in [5.41, 5.74) is 2.22. The molecule has 1 aliphatic heterocycles. The number of aliphatic hydroxyl groups is 1. The van der Waals surface area contributed by atoms with E-state index < -0.39 is 0 Å². The van der Waals surface area contributed by atoms with E-state index in [1.54, 1.807) is 0 Å². The molecule has 1 aromatic rings. The zero-order chi connectivity index (χ0) is 13.7. The van der Waals surface area contributed by atoms with E-state index in [0.717, 1.165) is 38.5 Å². The zero-order valence-corrected chi connectivity index (χ0v) is 11.8. The lowest BCUT2D eigenvalue weighted by Gasteiger charge is -2.28. The van der Waals surface area contributed by atoms with Crippen molar-refractivity contribution in [2.45, 2.75) is 19.6 Å². The van der Waals surface area contributed by atoms with Crippen LogP contribution < -0.4 is 5.32 Å². The van der Waals surface area contributed by atoms with Gasteiger partial charge < -0.3 is 15.2 Å². The third-order valence-electron chi connectivity index (χ3n) is 3.38. The van der Waals surface area contributed by atoms with Crippen molar-refractivity contribution in [3.05, 3.63) is 17.5 Å². The Bertz CT molecular complexity index is 388. The molecular formula is C13H24N4O2. The Morgan fingerprint density at radius 1 is 1.47 bits per heavy atom. The summed E-state index contributed by atoms with van der Waals surface area (Å²) in [6.45, 7) is 7.44. The first-order valence-corrected chi connectivity index (χ1v) is 6.83. The van der Waals surface area contributed by atoms with Crippen LogP contribution in [0.2, 0.25) is 0 Å². The average molecular weight is 268 g/mol. The number of hydrogen-bond acceptors (Lipinski definition) is 5. The van der Waals surface area contributed by atoms with Gasteiger partial charge in [-0.15, -0.1) is 0 Å². The number of ether oxygens (including phenoxy) is 1. The molecule has 108 valence electrons. The van der Waals surface area contributed by atoms with Crippen LogP contribution in [0.15, 0.2) is 6.20 Å². The van der Waals surface area contributed by atoms with Gasteiger partial charge in [-0.25, -0.2) is 0 Å². The first-order chi connectivity index (χ1) is 9.15. The second kappa shape index (κ2) is 7.00. The molecule has 1 fully saturated rings. The van der Waals surface area contributed by atoms with Crippen LogP contribution >= 0.6 is 0 Å². The Labute approximate surface area is 114 Å². The number of aromatic nitrogens is 2. The molecule has 1 aromatic heterocycles. The molecule has 1 saturated heterocycles. The van der Waals surface area contributed by atoms with E-state index in [4.69, 9.17) is 4.74 Å². The number of nitrogens with one attached hydrogen (secondary N) is 1. The maximum Gasteiger partial charge on any atom is 0.0791 e. The van der Waals surface area contributed by atoms with E-state index >= 15 is 0 Å². The molecule has 0 spiro atoms. The van der Waals surface area contributed by atoms with Gasteiger partial charge in [0.25, 0.3) is 0 Å². The van der Waals surface area contributed by atoms with Gasteiger partial charge in [-0.3, -0.25) is 9.58 Å². The van der Waals surface area contributed by atoms with E-state index in [-0.39, 0.29) is 6.10 Å². The fourth-order valence-corrected chi connectivity index (χ4v) is 2.34. The van der Waals surface area contributed by atoms with Crippen LogP contribution in [0.1, 0.15) is 11.3 Å². The minimum Gasteiger partial charge on any atom is -0.390 e. The van der Waals surface area contributed by atoms with Crippen molar-refractivity contribution in [1.29, 1.82) is 0 Å². The fourth-order valence-electron chi connectivity index (χ4n) is 2.34. The normalized spacial score (nSPS) is 18.7. The highest BCUT2D eigenvalue weighted by molar-refractivity contribution is 5.14. The second-order valence-electron chi connectivity index (χ2n) is 5.11. The van der Waals surface area contributed by atoms with E-state index in [9.17, 15) is 5.11 Å². The molecule has 19 heavy (non-hydrogen) atoms. The van der Waals surface area contributed by atoms with Crippen LogP contribution in [0.25, 0.3) is 0 Å². The van der Waals surface area contributed by atoms with E-state index in [0.29, 0.717) is 13.1 Å². The Morgan fingerprint density at radius 2 is 2.21 bits per heavy atom. The molecule has 0 bridgehead atoms. The van der Waals surface area contributed by atoms with E-state index in [1.807, 2.05) is 24.9 Å². The molecule has 1 unspecified atom stereocenters. The summed E-state index contributed by atoms with van der Waals surface area (Å²) in [7, 11) is 1.92.